The molecule has 11 nitrogen and oxygen atoms in total. The number of rotatable bonds is 5. The van der Waals surface area contributed by atoms with Crippen molar-refractivity contribution in [1.82, 2.24) is 0 Å². The molecular weight excluding hydrogens is 392 g/mol. The van der Waals surface area contributed by atoms with Crippen molar-refractivity contribution in [3.63, 3.8) is 0 Å². The normalized spacial score (nSPS) is 40.4. The summed E-state index contributed by atoms with van der Waals surface area (Å²) in [5.41, 5.74) is 0.184. The first-order chi connectivity index (χ1) is 13.8. The highest BCUT2D eigenvalue weighted by Crippen LogP contribution is 2.28. The molecule has 0 aliphatic carbocycles. The molecular formula is C18H24O11. The summed E-state index contributed by atoms with van der Waals surface area (Å²) in [6, 6.07) is 7.90. The number of benzene rings is 1. The highest BCUT2D eigenvalue weighted by Gasteiger charge is 2.50. The zero-order valence-corrected chi connectivity index (χ0v) is 15.2. The fraction of sp³-hybridized carbons (Fsp3) is 0.611. The Bertz CT molecular complexity index is 671. The van der Waals surface area contributed by atoms with Crippen molar-refractivity contribution >= 4 is 5.97 Å². The molecule has 2 aliphatic rings. The molecule has 11 heteroatoms. The second kappa shape index (κ2) is 9.43. The minimum Gasteiger partial charge on any atom is -0.429 e. The smallest absolute Gasteiger partial charge is 0.340 e. The molecule has 2 saturated heterocycles. The van der Waals surface area contributed by atoms with Crippen LogP contribution in [0.25, 0.3) is 0 Å². The summed E-state index contributed by atoms with van der Waals surface area (Å²) in [6.45, 7) is -1.03. The van der Waals surface area contributed by atoms with Crippen molar-refractivity contribution in [2.24, 2.45) is 0 Å². The maximum absolute atomic E-state index is 12.4. The molecule has 2 fully saturated rings. The average Bonchev–Trinajstić information content (AvgIpc) is 2.73. The monoisotopic (exact) mass is 416 g/mol. The summed E-state index contributed by atoms with van der Waals surface area (Å²) in [4.78, 5) is 12.4. The zero-order chi connectivity index (χ0) is 21.1. The highest BCUT2D eigenvalue weighted by atomic mass is 16.8. The molecule has 0 aromatic heterocycles. The van der Waals surface area contributed by atoms with Gasteiger partial charge < -0.3 is 49.6 Å². The minimum atomic E-state index is -1.69. The van der Waals surface area contributed by atoms with E-state index in [9.17, 15) is 35.4 Å². The van der Waals surface area contributed by atoms with Crippen molar-refractivity contribution in [3.8, 4) is 0 Å². The van der Waals surface area contributed by atoms with E-state index < -0.39 is 67.9 Å². The lowest BCUT2D eigenvalue weighted by Gasteiger charge is -2.44. The van der Waals surface area contributed by atoms with Crippen LogP contribution in [0.5, 0.6) is 0 Å². The van der Waals surface area contributed by atoms with Crippen LogP contribution in [0.1, 0.15) is 10.4 Å². The van der Waals surface area contributed by atoms with E-state index in [1.165, 1.54) is 12.1 Å². The zero-order valence-electron chi connectivity index (χ0n) is 15.2. The quantitative estimate of drug-likeness (QED) is 0.272. The molecule has 2 aliphatic heterocycles. The van der Waals surface area contributed by atoms with Gasteiger partial charge in [0.1, 0.15) is 36.6 Å². The number of aliphatic hydroxyl groups is 6. The maximum Gasteiger partial charge on any atom is 0.340 e. The van der Waals surface area contributed by atoms with Gasteiger partial charge in [0.2, 0.25) is 6.29 Å². The van der Waals surface area contributed by atoms with Gasteiger partial charge in [0.25, 0.3) is 0 Å². The third-order valence-corrected chi connectivity index (χ3v) is 4.80. The largest absolute Gasteiger partial charge is 0.429 e. The molecule has 6 N–H and O–H groups in total. The Balaban J connectivity index is 1.77. The second-order valence-corrected chi connectivity index (χ2v) is 6.83. The van der Waals surface area contributed by atoms with E-state index in [0.717, 1.165) is 0 Å². The minimum absolute atomic E-state index is 0.184. The van der Waals surface area contributed by atoms with E-state index >= 15 is 0 Å². The van der Waals surface area contributed by atoms with Crippen LogP contribution in [0.15, 0.2) is 30.3 Å². The molecule has 162 valence electrons. The topological polar surface area (TPSA) is 175 Å². The maximum atomic E-state index is 12.4. The Morgan fingerprint density at radius 3 is 2.31 bits per heavy atom. The van der Waals surface area contributed by atoms with E-state index in [1.807, 2.05) is 0 Å². The van der Waals surface area contributed by atoms with Gasteiger partial charge in [0, 0.05) is 0 Å². The number of ether oxygens (including phenoxy) is 4. The average molecular weight is 416 g/mol. The SMILES string of the molecule is O=C(O[C@@H]1O[C@H](CO)[C@@H](O)[C@H](O)[C@H]1O[C@@H]1OC[C@@H](O)[C@H](O)[C@H]1O)c1ccccc1. The lowest BCUT2D eigenvalue weighted by Crippen LogP contribution is -2.63. The summed E-state index contributed by atoms with van der Waals surface area (Å²) in [6.07, 6.45) is -13.7. The second-order valence-electron chi connectivity index (χ2n) is 6.83. The van der Waals surface area contributed by atoms with Crippen molar-refractivity contribution in [3.05, 3.63) is 35.9 Å². The number of carbonyl (C=O) groups is 1. The van der Waals surface area contributed by atoms with E-state index in [2.05, 4.69) is 0 Å². The molecule has 0 amide bonds. The fourth-order valence-corrected chi connectivity index (χ4v) is 3.10. The van der Waals surface area contributed by atoms with E-state index in [-0.39, 0.29) is 12.2 Å². The lowest BCUT2D eigenvalue weighted by atomic mass is 9.98. The molecule has 0 bridgehead atoms. The van der Waals surface area contributed by atoms with E-state index in [4.69, 9.17) is 18.9 Å². The molecule has 9 atom stereocenters. The molecule has 1 aromatic carbocycles. The van der Waals surface area contributed by atoms with Crippen LogP contribution in [0.2, 0.25) is 0 Å². The van der Waals surface area contributed by atoms with Gasteiger partial charge in [-0.15, -0.1) is 0 Å². The first kappa shape index (κ1) is 22.0. The molecule has 29 heavy (non-hydrogen) atoms. The molecule has 0 spiro atoms. The summed E-state index contributed by atoms with van der Waals surface area (Å²) in [7, 11) is 0. The van der Waals surface area contributed by atoms with E-state index in [1.54, 1.807) is 18.2 Å². The number of hydrogen-bond donors (Lipinski definition) is 6. The van der Waals surface area contributed by atoms with Crippen molar-refractivity contribution in [2.75, 3.05) is 13.2 Å². The van der Waals surface area contributed by atoms with E-state index in [0.29, 0.717) is 0 Å². The summed E-state index contributed by atoms with van der Waals surface area (Å²) in [5.74, 6) is -0.815. The Morgan fingerprint density at radius 2 is 1.66 bits per heavy atom. The van der Waals surface area contributed by atoms with Gasteiger partial charge in [-0.25, -0.2) is 4.79 Å². The summed E-state index contributed by atoms with van der Waals surface area (Å²) >= 11 is 0. The Morgan fingerprint density at radius 1 is 0.966 bits per heavy atom. The predicted octanol–water partition coefficient (Wildman–Crippen LogP) is -2.89. The summed E-state index contributed by atoms with van der Waals surface area (Å²) in [5, 5.41) is 59.3. The van der Waals surface area contributed by atoms with Gasteiger partial charge in [0.05, 0.1) is 18.8 Å². The van der Waals surface area contributed by atoms with Crippen LogP contribution in [-0.2, 0) is 18.9 Å². The predicted molar refractivity (Wildman–Crippen MR) is 92.3 cm³/mol. The summed E-state index contributed by atoms with van der Waals surface area (Å²) < 4.78 is 21.2. The van der Waals surface area contributed by atoms with Crippen LogP contribution in [0.3, 0.4) is 0 Å². The molecule has 0 saturated carbocycles. The molecule has 0 radical (unpaired) electrons. The molecule has 1 aromatic rings. The first-order valence-electron chi connectivity index (χ1n) is 9.03. The van der Waals surface area contributed by atoms with Crippen LogP contribution < -0.4 is 0 Å². The van der Waals surface area contributed by atoms with Gasteiger partial charge in [-0.2, -0.15) is 0 Å². The Labute approximate surface area is 165 Å². The van der Waals surface area contributed by atoms with Crippen molar-refractivity contribution < 1.29 is 54.4 Å². The Kier molecular flexibility index (Phi) is 7.16. The fourth-order valence-electron chi connectivity index (χ4n) is 3.10. The standard InChI is InChI=1S/C18H24O11/c19-6-10-12(22)13(23)15(28-17-14(24)11(21)9(20)7-26-17)18(27-10)29-16(25)8-4-2-1-3-5-8/h1-5,9-15,17-24H,6-7H2/t9-,10-,11+,12-,13+,14-,15-,17+,18+/m1/s1. The molecule has 2 heterocycles. The first-order valence-corrected chi connectivity index (χ1v) is 9.03. The van der Waals surface area contributed by atoms with Gasteiger partial charge >= 0.3 is 5.97 Å². The highest BCUT2D eigenvalue weighted by molar-refractivity contribution is 5.89. The number of aliphatic hydroxyl groups excluding tert-OH is 6. The number of hydrogen-bond acceptors (Lipinski definition) is 11. The van der Waals surface area contributed by atoms with Gasteiger partial charge in [0.15, 0.2) is 12.4 Å². The van der Waals surface area contributed by atoms with Crippen LogP contribution in [0, 0.1) is 0 Å². The van der Waals surface area contributed by atoms with Gasteiger partial charge in [-0.1, -0.05) is 18.2 Å². The van der Waals surface area contributed by atoms with Crippen molar-refractivity contribution in [1.29, 1.82) is 0 Å². The van der Waals surface area contributed by atoms with Gasteiger partial charge in [-0.05, 0) is 12.1 Å². The molecule has 3 rings (SSSR count). The lowest BCUT2D eigenvalue weighted by molar-refractivity contribution is -0.348. The Hall–Kier alpha value is -1.67. The van der Waals surface area contributed by atoms with Crippen LogP contribution in [-0.4, -0.2) is 105 Å². The third-order valence-electron chi connectivity index (χ3n) is 4.80. The van der Waals surface area contributed by atoms with Crippen LogP contribution >= 0.6 is 0 Å². The van der Waals surface area contributed by atoms with Gasteiger partial charge in [-0.3, -0.25) is 0 Å². The molecule has 0 unspecified atom stereocenters. The van der Waals surface area contributed by atoms with Crippen molar-refractivity contribution in [2.45, 2.75) is 55.3 Å². The number of esters is 1. The van der Waals surface area contributed by atoms with Crippen LogP contribution in [0.4, 0.5) is 0 Å². The third kappa shape index (κ3) is 4.74. The number of carbonyl (C=O) groups excluding carboxylic acids is 1.